The zero-order valence-electron chi connectivity index (χ0n) is 15.8. The average molecular weight is 776 g/mol. The van der Waals surface area contributed by atoms with Crippen LogP contribution in [-0.4, -0.2) is 13.3 Å². The summed E-state index contributed by atoms with van der Waals surface area (Å²) in [6, 6.07) is 12.4. The molecule has 0 aliphatic rings. The maximum Gasteiger partial charge on any atom is 0 e. The minimum atomic E-state index is 0. The van der Waals surface area contributed by atoms with E-state index in [2.05, 4.69) is 96.9 Å². The van der Waals surface area contributed by atoms with Crippen molar-refractivity contribution in [3.05, 3.63) is 83.5 Å². The summed E-state index contributed by atoms with van der Waals surface area (Å²) in [6.07, 6.45) is 0. The molecular weight excluding hydrogens is 762 g/mol. The van der Waals surface area contributed by atoms with Crippen molar-refractivity contribution in [2.75, 3.05) is 13.3 Å². The van der Waals surface area contributed by atoms with Crippen molar-refractivity contribution in [1.29, 1.82) is 5.26 Å². The van der Waals surface area contributed by atoms with Gasteiger partial charge in [0.1, 0.15) is 0 Å². The smallest absolute Gasteiger partial charge is 0 e. The Morgan fingerprint density at radius 1 is 0.600 bits per heavy atom. The summed E-state index contributed by atoms with van der Waals surface area (Å²) >= 11 is 0. The Morgan fingerprint density at radius 2 is 0.767 bits per heavy atom. The van der Waals surface area contributed by atoms with Gasteiger partial charge in [0.05, 0.1) is 6.07 Å². The summed E-state index contributed by atoms with van der Waals surface area (Å²) in [5.41, 5.74) is 0. The third-order valence-corrected chi connectivity index (χ3v) is 2.60. The van der Waals surface area contributed by atoms with Crippen LogP contribution in [0.4, 0.5) is 0 Å². The van der Waals surface area contributed by atoms with Gasteiger partial charge in [0.2, 0.25) is 0 Å². The Morgan fingerprint density at radius 3 is 0.867 bits per heavy atom. The molecule has 0 fully saturated rings. The Kier molecular flexibility index (Phi) is 415. The number of benzene rings is 1. The molecule has 2 radical (unpaired) electrons. The van der Waals surface area contributed by atoms with E-state index in [0.29, 0.717) is 0 Å². The molecule has 0 unspecified atom stereocenters. The number of nitriles is 1. The van der Waals surface area contributed by atoms with E-state index < -0.39 is 0 Å². The van der Waals surface area contributed by atoms with Crippen molar-refractivity contribution in [2.24, 2.45) is 0 Å². The van der Waals surface area contributed by atoms with E-state index >= 15 is 0 Å². The molecule has 1 rings (SSSR count). The minimum Gasteiger partial charge on any atom is 0 e. The van der Waals surface area contributed by atoms with Gasteiger partial charge in [0.15, 0.2) is 0 Å². The van der Waals surface area contributed by atoms with Gasteiger partial charge in [-0.15, -0.1) is 0 Å². The van der Waals surface area contributed by atoms with Crippen LogP contribution in [0.5, 0.6) is 0 Å². The Hall–Kier alpha value is -1.62. The van der Waals surface area contributed by atoms with Crippen molar-refractivity contribution in [2.45, 2.75) is 6.92 Å². The van der Waals surface area contributed by atoms with E-state index in [1.807, 2.05) is 0 Å². The summed E-state index contributed by atoms with van der Waals surface area (Å²) in [6.45, 7) is 42.0. The summed E-state index contributed by atoms with van der Waals surface area (Å²) < 4.78 is 60.0. The summed E-state index contributed by atoms with van der Waals surface area (Å²) in [5.74, 6) is 0. The first kappa shape index (κ1) is 70.4. The average Bonchev–Trinajstić information content (AvgIpc) is 2.85. The van der Waals surface area contributed by atoms with Crippen molar-refractivity contribution in [3.8, 4) is 6.07 Å². The van der Waals surface area contributed by atoms with Crippen LogP contribution in [0.1, 0.15) is 6.92 Å². The van der Waals surface area contributed by atoms with Gasteiger partial charge in [-0.3, -0.25) is 0 Å². The van der Waals surface area contributed by atoms with Crippen LogP contribution in [-0.2, 0) is 78.1 Å². The molecule has 0 bridgehead atoms. The van der Waals surface area contributed by atoms with Crippen LogP contribution in [0.2, 0.25) is 0 Å². The summed E-state index contributed by atoms with van der Waals surface area (Å²) in [5, 5.41) is 8.80. The maximum atomic E-state index is 7.50. The van der Waals surface area contributed by atoms with Crippen molar-refractivity contribution < 1.29 is 78.1 Å². The molecule has 0 atom stereocenters. The predicted molar refractivity (Wildman–Crippen MR) is 87.6 cm³/mol. The Labute approximate surface area is 205 Å². The second kappa shape index (κ2) is 177. The van der Waals surface area contributed by atoms with Crippen molar-refractivity contribution in [1.82, 2.24) is 0 Å². The molecule has 12 heteroatoms. The minimum absolute atomic E-state index is 0. The monoisotopic (exact) mass is 777 g/mol. The molecule has 1 aromatic carbocycles. The maximum absolute atomic E-state index is 7.50. The summed E-state index contributed by atoms with van der Waals surface area (Å²) in [7, 11) is 0.104. The van der Waals surface area contributed by atoms with Crippen LogP contribution in [0.25, 0.3) is 0 Å². The van der Waals surface area contributed by atoms with E-state index in [0.717, 1.165) is 0 Å². The fourth-order valence-corrected chi connectivity index (χ4v) is 1.49. The standard InChI is InChI=1S/C8H11P.C2H3N.8CO.2Re/c1-9(2)8-6-4-3-5-7-8;1-2-3;8*1-2;;/h3-7H,1-2H3;1H3;;;;;;;;;;. The molecule has 9 nitrogen and oxygen atoms in total. The normalized spacial score (nSPS) is 3.83. The zero-order chi connectivity index (χ0) is 25.4. The molecule has 1 aromatic rings. The van der Waals surface area contributed by atoms with Gasteiger partial charge in [0.25, 0.3) is 0 Å². The third-order valence-electron chi connectivity index (χ3n) is 1.27. The molecule has 158 valence electrons. The van der Waals surface area contributed by atoms with E-state index in [-0.39, 0.29) is 48.8 Å². The van der Waals surface area contributed by atoms with Crippen LogP contribution in [0.3, 0.4) is 0 Å². The first-order chi connectivity index (χ1) is 13.7. The van der Waals surface area contributed by atoms with Gasteiger partial charge in [0, 0.05) is 47.8 Å². The zero-order valence-corrected chi connectivity index (χ0v) is 22.1. The molecule has 0 saturated carbocycles. The summed E-state index contributed by atoms with van der Waals surface area (Å²) in [4.78, 5) is 0. The van der Waals surface area contributed by atoms with Crippen molar-refractivity contribution >= 4 is 13.2 Å². The number of nitrogens with zero attached hydrogens (tertiary/aromatic N) is 1. The van der Waals surface area contributed by atoms with Gasteiger partial charge in [-0.25, -0.2) is 0 Å². The molecule has 0 N–H and O–H groups in total. The molecular formula is C18H14NO8PRe2. The quantitative estimate of drug-likeness (QED) is 0.237. The van der Waals surface area contributed by atoms with E-state index in [4.69, 9.17) is 42.5 Å². The molecule has 0 aromatic heterocycles. The van der Waals surface area contributed by atoms with Crippen LogP contribution in [0, 0.1) is 64.5 Å². The van der Waals surface area contributed by atoms with Gasteiger partial charge in [-0.05, 0) is 18.6 Å². The van der Waals surface area contributed by atoms with Gasteiger partial charge >= 0.3 is 90.4 Å². The topological polar surface area (TPSA) is 183 Å². The molecule has 0 aliphatic carbocycles. The third kappa shape index (κ3) is 158. The SMILES string of the molecule is CC#N.CP(C)c1ccccc1.[C-]#[O+].[C-]#[O+].[C-]#[O+].[C-]#[O+].[C-]#[O+].[C-]#[O+].[C-]#[O+].[C-]#[O+].[Re].[Re]. The fraction of sp³-hybridized carbons (Fsp3) is 0.167. The van der Waals surface area contributed by atoms with Gasteiger partial charge in [-0.1, -0.05) is 38.3 Å². The molecule has 30 heavy (non-hydrogen) atoms. The van der Waals surface area contributed by atoms with Gasteiger partial charge < -0.3 is 0 Å². The van der Waals surface area contributed by atoms with Crippen LogP contribution in [0.15, 0.2) is 30.3 Å². The second-order valence-electron chi connectivity index (χ2n) is 2.45. The van der Waals surface area contributed by atoms with Crippen LogP contribution >= 0.6 is 7.92 Å². The molecule has 0 amide bonds. The number of hydrogen-bond acceptors (Lipinski definition) is 1. The van der Waals surface area contributed by atoms with E-state index in [1.165, 1.54) is 12.2 Å². The van der Waals surface area contributed by atoms with Crippen LogP contribution < -0.4 is 5.30 Å². The van der Waals surface area contributed by atoms with E-state index in [9.17, 15) is 0 Å². The number of hydrogen-bond donors (Lipinski definition) is 0. The Bertz CT molecular complexity index is 485. The Balaban J connectivity index is -0.0000000166. The number of rotatable bonds is 1. The van der Waals surface area contributed by atoms with E-state index in [1.54, 1.807) is 6.07 Å². The van der Waals surface area contributed by atoms with Gasteiger partial charge in [-0.2, -0.15) is 5.26 Å². The fourth-order valence-electron chi connectivity index (χ4n) is 0.726. The molecule has 0 saturated heterocycles. The first-order valence-corrected chi connectivity index (χ1v) is 7.62. The molecule has 0 aliphatic heterocycles. The predicted octanol–water partition coefficient (Wildman–Crippen LogP) is 2.28. The molecule has 0 spiro atoms. The largest absolute Gasteiger partial charge is 0 e. The molecule has 0 heterocycles. The van der Waals surface area contributed by atoms with Crippen molar-refractivity contribution in [3.63, 3.8) is 0 Å². The second-order valence-corrected chi connectivity index (χ2v) is 4.76. The first-order valence-electron chi connectivity index (χ1n) is 5.39.